The first-order valence-corrected chi connectivity index (χ1v) is 11.6. The number of ether oxygens (including phenoxy) is 3. The number of anilines is 1. The van der Waals surface area contributed by atoms with E-state index in [1.165, 1.54) is 0 Å². The van der Waals surface area contributed by atoms with Gasteiger partial charge in [0.2, 0.25) is 11.8 Å². The zero-order valence-corrected chi connectivity index (χ0v) is 19.6. The van der Waals surface area contributed by atoms with E-state index >= 15 is 0 Å². The average Bonchev–Trinajstić information content (AvgIpc) is 3.17. The van der Waals surface area contributed by atoms with Gasteiger partial charge in [-0.1, -0.05) is 11.6 Å². The highest BCUT2D eigenvalue weighted by Crippen LogP contribution is 2.37. The standard InChI is InChI=1S/C22H33ClN4O4/c1-22(2,3)31-21(28)27-14-6-5-7-15(27)11-16(10-14)26(4)20-24-18(23)12-19(25-20)30-17-8-9-29-13-17/h12,14-17H,5-11,13H2,1-4H3/t14-,15+,16?,17?. The minimum absolute atomic E-state index is 0.000507. The lowest BCUT2D eigenvalue weighted by atomic mass is 9.81. The van der Waals surface area contributed by atoms with Gasteiger partial charge in [0.25, 0.3) is 0 Å². The van der Waals surface area contributed by atoms with Gasteiger partial charge in [-0.25, -0.2) is 9.78 Å². The number of carbonyl (C=O) groups excluding carboxylic acids is 1. The van der Waals surface area contributed by atoms with Crippen LogP contribution in [0.1, 0.15) is 59.3 Å². The Bertz CT molecular complexity index is 782. The van der Waals surface area contributed by atoms with Gasteiger partial charge in [0.1, 0.15) is 16.9 Å². The van der Waals surface area contributed by atoms with Gasteiger partial charge in [-0.3, -0.25) is 0 Å². The predicted molar refractivity (Wildman–Crippen MR) is 118 cm³/mol. The monoisotopic (exact) mass is 452 g/mol. The predicted octanol–water partition coefficient (Wildman–Crippen LogP) is 4.05. The first-order valence-electron chi connectivity index (χ1n) is 11.2. The first-order chi connectivity index (χ1) is 14.7. The summed E-state index contributed by atoms with van der Waals surface area (Å²) in [5, 5.41) is 0.358. The van der Waals surface area contributed by atoms with E-state index in [-0.39, 0.29) is 30.3 Å². The van der Waals surface area contributed by atoms with Gasteiger partial charge in [-0.2, -0.15) is 4.98 Å². The van der Waals surface area contributed by atoms with Crippen molar-refractivity contribution in [1.29, 1.82) is 0 Å². The second kappa shape index (κ2) is 8.98. The molecule has 4 rings (SSSR count). The zero-order valence-electron chi connectivity index (χ0n) is 18.8. The molecule has 1 amide bonds. The van der Waals surface area contributed by atoms with Crippen LogP contribution in [0.3, 0.4) is 0 Å². The number of halogens is 1. The Morgan fingerprint density at radius 1 is 1.23 bits per heavy atom. The van der Waals surface area contributed by atoms with Gasteiger partial charge < -0.3 is 24.0 Å². The van der Waals surface area contributed by atoms with Crippen molar-refractivity contribution in [3.63, 3.8) is 0 Å². The second-order valence-electron chi connectivity index (χ2n) is 9.79. The number of hydrogen-bond donors (Lipinski definition) is 0. The summed E-state index contributed by atoms with van der Waals surface area (Å²) in [7, 11) is 2.00. The molecule has 8 nitrogen and oxygen atoms in total. The van der Waals surface area contributed by atoms with E-state index < -0.39 is 5.60 Å². The van der Waals surface area contributed by atoms with Crippen LogP contribution >= 0.6 is 11.6 Å². The summed E-state index contributed by atoms with van der Waals surface area (Å²) in [4.78, 5) is 26.0. The lowest BCUT2D eigenvalue weighted by molar-refractivity contribution is -0.0214. The fourth-order valence-electron chi connectivity index (χ4n) is 4.83. The van der Waals surface area contributed by atoms with Crippen LogP contribution < -0.4 is 9.64 Å². The molecule has 0 aromatic carbocycles. The van der Waals surface area contributed by atoms with Crippen LogP contribution in [0.2, 0.25) is 5.15 Å². The lowest BCUT2D eigenvalue weighted by Gasteiger charge is -2.50. The maximum absolute atomic E-state index is 12.8. The summed E-state index contributed by atoms with van der Waals surface area (Å²) >= 11 is 6.28. The molecule has 4 atom stereocenters. The van der Waals surface area contributed by atoms with Crippen molar-refractivity contribution in [2.75, 3.05) is 25.2 Å². The van der Waals surface area contributed by atoms with Crippen molar-refractivity contribution in [2.24, 2.45) is 0 Å². The molecule has 1 aromatic heterocycles. The number of rotatable bonds is 4. The van der Waals surface area contributed by atoms with Crippen molar-refractivity contribution < 1.29 is 19.0 Å². The van der Waals surface area contributed by atoms with Crippen LogP contribution in [0, 0.1) is 0 Å². The highest BCUT2D eigenvalue weighted by atomic mass is 35.5. The molecular weight excluding hydrogens is 420 g/mol. The molecule has 0 spiro atoms. The Labute approximate surface area is 189 Å². The summed E-state index contributed by atoms with van der Waals surface area (Å²) < 4.78 is 17.0. The normalized spacial score (nSPS) is 28.4. The van der Waals surface area contributed by atoms with E-state index in [2.05, 4.69) is 14.9 Å². The van der Waals surface area contributed by atoms with Gasteiger partial charge in [0.15, 0.2) is 0 Å². The van der Waals surface area contributed by atoms with E-state index in [0.29, 0.717) is 30.2 Å². The smallest absolute Gasteiger partial charge is 0.410 e. The molecule has 0 aliphatic carbocycles. The number of piperidine rings is 2. The molecule has 3 fully saturated rings. The molecule has 2 bridgehead atoms. The van der Waals surface area contributed by atoms with Crippen LogP contribution in [-0.4, -0.2) is 71.1 Å². The Balaban J connectivity index is 1.47. The van der Waals surface area contributed by atoms with Gasteiger partial charge in [-0.15, -0.1) is 0 Å². The average molecular weight is 453 g/mol. The molecule has 3 aliphatic heterocycles. The maximum atomic E-state index is 12.8. The zero-order chi connectivity index (χ0) is 22.2. The van der Waals surface area contributed by atoms with Crippen LogP contribution in [0.4, 0.5) is 10.7 Å². The van der Waals surface area contributed by atoms with Crippen molar-refractivity contribution in [1.82, 2.24) is 14.9 Å². The van der Waals surface area contributed by atoms with E-state index in [0.717, 1.165) is 38.5 Å². The van der Waals surface area contributed by atoms with Crippen LogP contribution in [0.15, 0.2) is 6.07 Å². The quantitative estimate of drug-likeness (QED) is 0.637. The Morgan fingerprint density at radius 2 is 1.94 bits per heavy atom. The molecule has 2 unspecified atom stereocenters. The van der Waals surface area contributed by atoms with Crippen LogP contribution in [-0.2, 0) is 9.47 Å². The van der Waals surface area contributed by atoms with Crippen molar-refractivity contribution >= 4 is 23.6 Å². The van der Waals surface area contributed by atoms with Crippen molar-refractivity contribution in [3.05, 3.63) is 11.2 Å². The molecule has 172 valence electrons. The lowest BCUT2D eigenvalue weighted by Crippen LogP contribution is -2.59. The van der Waals surface area contributed by atoms with E-state index in [1.54, 1.807) is 6.07 Å². The molecule has 0 N–H and O–H groups in total. The summed E-state index contributed by atoms with van der Waals surface area (Å²) in [6, 6.07) is 2.20. The molecule has 9 heteroatoms. The highest BCUT2D eigenvalue weighted by molar-refractivity contribution is 6.29. The SMILES string of the molecule is CN(c1nc(Cl)cc(OC2CCOC2)n1)C1C[C@H]2CCC[C@@H](C1)N2C(=O)OC(C)(C)C. The molecule has 0 saturated carbocycles. The Hall–Kier alpha value is -1.80. The topological polar surface area (TPSA) is 77.0 Å². The fourth-order valence-corrected chi connectivity index (χ4v) is 4.99. The molecular formula is C22H33ClN4O4. The molecule has 0 radical (unpaired) electrons. The molecule has 4 heterocycles. The van der Waals surface area contributed by atoms with Gasteiger partial charge >= 0.3 is 6.09 Å². The minimum Gasteiger partial charge on any atom is -0.472 e. The number of hydrogen-bond acceptors (Lipinski definition) is 7. The van der Waals surface area contributed by atoms with E-state index in [1.807, 2.05) is 32.7 Å². The summed E-state index contributed by atoms with van der Waals surface area (Å²) in [5.74, 6) is 1.03. The van der Waals surface area contributed by atoms with Gasteiger partial charge in [0.05, 0.1) is 13.2 Å². The van der Waals surface area contributed by atoms with Gasteiger partial charge in [0, 0.05) is 37.7 Å². The third-order valence-electron chi connectivity index (χ3n) is 6.25. The largest absolute Gasteiger partial charge is 0.472 e. The van der Waals surface area contributed by atoms with Crippen LogP contribution in [0.25, 0.3) is 0 Å². The van der Waals surface area contributed by atoms with Gasteiger partial charge in [-0.05, 0) is 52.9 Å². The summed E-state index contributed by atoms with van der Waals surface area (Å²) in [6.45, 7) is 7.01. The highest BCUT2D eigenvalue weighted by Gasteiger charge is 2.44. The summed E-state index contributed by atoms with van der Waals surface area (Å²) in [5.41, 5.74) is -0.492. The third kappa shape index (κ3) is 5.34. The van der Waals surface area contributed by atoms with Crippen LogP contribution in [0.5, 0.6) is 5.88 Å². The number of amides is 1. The third-order valence-corrected chi connectivity index (χ3v) is 6.45. The number of aromatic nitrogens is 2. The minimum atomic E-state index is -0.492. The first kappa shape index (κ1) is 22.4. The molecule has 3 saturated heterocycles. The Kier molecular flexibility index (Phi) is 6.49. The number of carbonyl (C=O) groups is 1. The van der Waals surface area contributed by atoms with Crippen molar-refractivity contribution in [2.45, 2.75) is 89.1 Å². The van der Waals surface area contributed by atoms with E-state index in [4.69, 9.17) is 25.8 Å². The number of nitrogens with zero attached hydrogens (tertiary/aromatic N) is 4. The molecule has 1 aromatic rings. The fraction of sp³-hybridized carbons (Fsp3) is 0.773. The summed E-state index contributed by atoms with van der Waals surface area (Å²) in [6.07, 6.45) is 5.49. The van der Waals surface area contributed by atoms with E-state index in [9.17, 15) is 4.79 Å². The second-order valence-corrected chi connectivity index (χ2v) is 10.2. The molecule has 31 heavy (non-hydrogen) atoms. The maximum Gasteiger partial charge on any atom is 0.410 e. The van der Waals surface area contributed by atoms with Crippen molar-refractivity contribution in [3.8, 4) is 5.88 Å². The molecule has 3 aliphatic rings. The number of fused-ring (bicyclic) bond motifs is 2. The Morgan fingerprint density at radius 3 is 2.55 bits per heavy atom.